The molecule has 1 aromatic heterocycles. The third-order valence-corrected chi connectivity index (χ3v) is 5.71. The molecule has 2 aromatic rings. The minimum Gasteiger partial charge on any atom is -0.459 e. The summed E-state index contributed by atoms with van der Waals surface area (Å²) in [6.45, 7) is 8.61. The second kappa shape index (κ2) is 9.00. The van der Waals surface area contributed by atoms with E-state index in [2.05, 4.69) is 10.3 Å². The molecule has 1 aromatic carbocycles. The SMILES string of the molecule is Cc1[nH]c(C(=O)NCC2(c3ccc(F)cc3)CCOCC2)c(C)c1C(=O)OC(C)C. The average Bonchev–Trinajstić information content (AvgIpc) is 3.01. The van der Waals surface area contributed by atoms with Crippen molar-refractivity contribution in [2.45, 2.75) is 52.1 Å². The van der Waals surface area contributed by atoms with Gasteiger partial charge in [0.25, 0.3) is 5.91 Å². The fraction of sp³-hybridized carbons (Fsp3) is 0.478. The Morgan fingerprint density at radius 1 is 1.20 bits per heavy atom. The van der Waals surface area contributed by atoms with Gasteiger partial charge in [-0.15, -0.1) is 0 Å². The molecule has 2 N–H and O–H groups in total. The number of aryl methyl sites for hydroxylation is 1. The Labute approximate surface area is 176 Å². The van der Waals surface area contributed by atoms with Gasteiger partial charge in [0.05, 0.1) is 11.7 Å². The number of nitrogens with one attached hydrogen (secondary N) is 2. The number of carbonyl (C=O) groups is 2. The van der Waals surface area contributed by atoms with Crippen LogP contribution in [-0.4, -0.2) is 42.7 Å². The Morgan fingerprint density at radius 3 is 2.43 bits per heavy atom. The topological polar surface area (TPSA) is 80.4 Å². The molecule has 1 aliphatic heterocycles. The number of aromatic amines is 1. The highest BCUT2D eigenvalue weighted by atomic mass is 19.1. The van der Waals surface area contributed by atoms with E-state index in [1.165, 1.54) is 12.1 Å². The Kier molecular flexibility index (Phi) is 6.61. The summed E-state index contributed by atoms with van der Waals surface area (Å²) < 4.78 is 24.2. The van der Waals surface area contributed by atoms with Crippen LogP contribution >= 0.6 is 0 Å². The first kappa shape index (κ1) is 22.0. The van der Waals surface area contributed by atoms with Crippen molar-refractivity contribution in [3.63, 3.8) is 0 Å². The third-order valence-electron chi connectivity index (χ3n) is 5.71. The van der Waals surface area contributed by atoms with Crippen LogP contribution in [0.15, 0.2) is 24.3 Å². The largest absolute Gasteiger partial charge is 0.459 e. The van der Waals surface area contributed by atoms with Gasteiger partial charge in [-0.2, -0.15) is 0 Å². The Balaban J connectivity index is 1.79. The van der Waals surface area contributed by atoms with Crippen LogP contribution < -0.4 is 5.32 Å². The lowest BCUT2D eigenvalue weighted by molar-refractivity contribution is 0.0376. The lowest BCUT2D eigenvalue weighted by Gasteiger charge is -2.38. The lowest BCUT2D eigenvalue weighted by atomic mass is 9.74. The molecule has 0 aliphatic carbocycles. The molecule has 7 heteroatoms. The molecule has 162 valence electrons. The van der Waals surface area contributed by atoms with Crippen LogP contribution in [0.2, 0.25) is 0 Å². The summed E-state index contributed by atoms with van der Waals surface area (Å²) in [7, 11) is 0. The number of ether oxygens (including phenoxy) is 2. The zero-order valence-electron chi connectivity index (χ0n) is 17.9. The average molecular weight is 416 g/mol. The number of esters is 1. The van der Waals surface area contributed by atoms with Crippen LogP contribution in [0.1, 0.15) is 64.4 Å². The molecular formula is C23H29FN2O4. The molecule has 0 unspecified atom stereocenters. The van der Waals surface area contributed by atoms with E-state index in [9.17, 15) is 14.0 Å². The Morgan fingerprint density at radius 2 is 1.83 bits per heavy atom. The summed E-state index contributed by atoms with van der Waals surface area (Å²) in [5.74, 6) is -1.02. The van der Waals surface area contributed by atoms with Gasteiger partial charge in [0.15, 0.2) is 0 Å². The van der Waals surface area contributed by atoms with Crippen LogP contribution in [0.3, 0.4) is 0 Å². The summed E-state index contributed by atoms with van der Waals surface area (Å²) >= 11 is 0. The Hall–Kier alpha value is -2.67. The van der Waals surface area contributed by atoms with E-state index in [0.717, 1.165) is 18.4 Å². The number of H-pyrrole nitrogens is 1. The zero-order chi connectivity index (χ0) is 21.9. The molecule has 1 saturated heterocycles. The van der Waals surface area contributed by atoms with Crippen molar-refractivity contribution in [2.75, 3.05) is 19.8 Å². The van der Waals surface area contributed by atoms with Gasteiger partial charge in [-0.3, -0.25) is 4.79 Å². The summed E-state index contributed by atoms with van der Waals surface area (Å²) in [4.78, 5) is 28.4. The second-order valence-corrected chi connectivity index (χ2v) is 8.16. The molecule has 6 nitrogen and oxygen atoms in total. The van der Waals surface area contributed by atoms with Crippen LogP contribution in [0.5, 0.6) is 0 Å². The van der Waals surface area contributed by atoms with Crippen molar-refractivity contribution in [1.82, 2.24) is 10.3 Å². The molecule has 0 atom stereocenters. The monoisotopic (exact) mass is 416 g/mol. The minimum atomic E-state index is -0.442. The normalized spacial score (nSPS) is 15.8. The second-order valence-electron chi connectivity index (χ2n) is 8.16. The highest BCUT2D eigenvalue weighted by molar-refractivity contribution is 6.00. The van der Waals surface area contributed by atoms with Crippen LogP contribution in [0.25, 0.3) is 0 Å². The predicted octanol–water partition coefficient (Wildman–Crippen LogP) is 3.81. The zero-order valence-corrected chi connectivity index (χ0v) is 17.9. The number of benzene rings is 1. The van der Waals surface area contributed by atoms with E-state index in [1.54, 1.807) is 39.8 Å². The van der Waals surface area contributed by atoms with Gasteiger partial charge in [-0.1, -0.05) is 12.1 Å². The number of amides is 1. The van der Waals surface area contributed by atoms with Gasteiger partial charge in [-0.05, 0) is 63.8 Å². The smallest absolute Gasteiger partial charge is 0.340 e. The van der Waals surface area contributed by atoms with Crippen molar-refractivity contribution < 1.29 is 23.5 Å². The van der Waals surface area contributed by atoms with Crippen molar-refractivity contribution >= 4 is 11.9 Å². The Bertz CT molecular complexity index is 912. The number of rotatable bonds is 6. The van der Waals surface area contributed by atoms with Crippen LogP contribution in [-0.2, 0) is 14.9 Å². The van der Waals surface area contributed by atoms with Crippen molar-refractivity contribution in [3.05, 3.63) is 58.2 Å². The first-order chi connectivity index (χ1) is 14.2. The molecule has 0 spiro atoms. The van der Waals surface area contributed by atoms with Crippen molar-refractivity contribution in [2.24, 2.45) is 0 Å². The van der Waals surface area contributed by atoms with Crippen molar-refractivity contribution in [3.8, 4) is 0 Å². The molecule has 2 heterocycles. The molecule has 1 aliphatic rings. The summed E-state index contributed by atoms with van der Waals surface area (Å²) in [5.41, 5.74) is 2.57. The predicted molar refractivity (Wildman–Crippen MR) is 111 cm³/mol. The number of aromatic nitrogens is 1. The number of hydrogen-bond donors (Lipinski definition) is 2. The molecule has 1 fully saturated rings. The molecule has 0 bridgehead atoms. The number of halogens is 1. The third kappa shape index (κ3) is 4.56. The highest BCUT2D eigenvalue weighted by Crippen LogP contribution is 2.34. The summed E-state index contributed by atoms with van der Waals surface area (Å²) in [6, 6.07) is 6.44. The number of carbonyl (C=O) groups excluding carboxylic acids is 2. The van der Waals surface area contributed by atoms with E-state index in [0.29, 0.717) is 42.3 Å². The number of hydrogen-bond acceptors (Lipinski definition) is 4. The maximum absolute atomic E-state index is 13.4. The maximum Gasteiger partial charge on any atom is 0.340 e. The van der Waals surface area contributed by atoms with Gasteiger partial charge in [-0.25, -0.2) is 9.18 Å². The van der Waals surface area contributed by atoms with E-state index < -0.39 is 5.97 Å². The van der Waals surface area contributed by atoms with Crippen molar-refractivity contribution in [1.29, 1.82) is 0 Å². The molecule has 1 amide bonds. The van der Waals surface area contributed by atoms with Gasteiger partial charge < -0.3 is 19.8 Å². The fourth-order valence-corrected chi connectivity index (χ4v) is 4.03. The van der Waals surface area contributed by atoms with Crippen LogP contribution in [0.4, 0.5) is 4.39 Å². The molecule has 0 saturated carbocycles. The lowest BCUT2D eigenvalue weighted by Crippen LogP contribution is -2.44. The maximum atomic E-state index is 13.4. The van der Waals surface area contributed by atoms with Gasteiger partial charge in [0, 0.05) is 30.9 Å². The van der Waals surface area contributed by atoms with Gasteiger partial charge in [0.1, 0.15) is 11.5 Å². The van der Waals surface area contributed by atoms with E-state index in [1.807, 2.05) is 0 Å². The fourth-order valence-electron chi connectivity index (χ4n) is 4.03. The van der Waals surface area contributed by atoms with E-state index in [-0.39, 0.29) is 23.2 Å². The quantitative estimate of drug-likeness (QED) is 0.702. The standard InChI is InChI=1S/C23H29FN2O4/c1-14(2)30-22(28)19-15(3)20(26-16(19)4)21(27)25-13-23(9-11-29-12-10-23)17-5-7-18(24)8-6-17/h5-8,14,26H,9-13H2,1-4H3,(H,25,27). The molecule has 30 heavy (non-hydrogen) atoms. The summed E-state index contributed by atoms with van der Waals surface area (Å²) in [5, 5.41) is 3.01. The summed E-state index contributed by atoms with van der Waals surface area (Å²) in [6.07, 6.45) is 1.22. The van der Waals surface area contributed by atoms with Crippen LogP contribution in [0, 0.1) is 19.7 Å². The first-order valence-corrected chi connectivity index (χ1v) is 10.3. The molecule has 0 radical (unpaired) electrons. The molecular weight excluding hydrogens is 387 g/mol. The van der Waals surface area contributed by atoms with E-state index in [4.69, 9.17) is 9.47 Å². The highest BCUT2D eigenvalue weighted by Gasteiger charge is 2.35. The van der Waals surface area contributed by atoms with Gasteiger partial charge >= 0.3 is 5.97 Å². The van der Waals surface area contributed by atoms with Gasteiger partial charge in [0.2, 0.25) is 0 Å². The molecule has 3 rings (SSSR count). The minimum absolute atomic E-state index is 0.243. The van der Waals surface area contributed by atoms with E-state index >= 15 is 0 Å². The first-order valence-electron chi connectivity index (χ1n) is 10.3.